The summed E-state index contributed by atoms with van der Waals surface area (Å²) >= 11 is 0. The average molecular weight is 548 g/mol. The van der Waals surface area contributed by atoms with E-state index < -0.39 is 34.7 Å². The number of nitrogens with zero attached hydrogens (tertiary/aromatic N) is 3. The minimum atomic E-state index is -1.89. The maximum Gasteiger partial charge on any atom is 0.226 e. The molecule has 9 heteroatoms. The van der Waals surface area contributed by atoms with E-state index in [1.807, 2.05) is 80.5 Å². The summed E-state index contributed by atoms with van der Waals surface area (Å²) in [5, 5.41) is 35.4. The molecule has 2 fully saturated rings. The fraction of sp³-hybridized carbons (Fsp3) is 0.452. The van der Waals surface area contributed by atoms with E-state index in [9.17, 15) is 15.3 Å². The molecule has 212 valence electrons. The fourth-order valence-electron chi connectivity index (χ4n) is 7.17. The number of aliphatic hydroxyl groups excluding tert-OH is 1. The summed E-state index contributed by atoms with van der Waals surface area (Å²) in [5.74, 6) is -0.0423. The first-order valence-electron chi connectivity index (χ1n) is 13.6. The van der Waals surface area contributed by atoms with Crippen LogP contribution in [0.3, 0.4) is 0 Å². The lowest BCUT2D eigenvalue weighted by Crippen LogP contribution is -2.60. The highest BCUT2D eigenvalue weighted by molar-refractivity contribution is 5.61. The summed E-state index contributed by atoms with van der Waals surface area (Å²) in [6.45, 7) is 3.42. The van der Waals surface area contributed by atoms with Gasteiger partial charge in [0, 0.05) is 43.2 Å². The van der Waals surface area contributed by atoms with Crippen molar-refractivity contribution < 1.29 is 29.5 Å². The zero-order valence-electron chi connectivity index (χ0n) is 23.5. The summed E-state index contributed by atoms with van der Waals surface area (Å²) in [5.41, 5.74) is -1.06. The average Bonchev–Trinajstić information content (AvgIpc) is 3.29. The summed E-state index contributed by atoms with van der Waals surface area (Å²) in [7, 11) is 6.90. The first-order chi connectivity index (χ1) is 19.1. The van der Waals surface area contributed by atoms with Crippen LogP contribution in [0.1, 0.15) is 29.5 Å². The molecule has 0 bridgehead atoms. The Morgan fingerprint density at radius 3 is 2.27 bits per heavy atom. The third-order valence-electron chi connectivity index (χ3n) is 8.71. The molecule has 1 aliphatic carbocycles. The van der Waals surface area contributed by atoms with Gasteiger partial charge in [-0.1, -0.05) is 42.5 Å². The second-order valence-corrected chi connectivity index (χ2v) is 11.8. The van der Waals surface area contributed by atoms with Gasteiger partial charge in [-0.3, -0.25) is 0 Å². The van der Waals surface area contributed by atoms with Crippen molar-refractivity contribution in [1.82, 2.24) is 9.88 Å². The number of hydrogen-bond acceptors (Lipinski definition) is 9. The number of anilines is 1. The number of rotatable bonds is 7. The minimum Gasteiger partial charge on any atom is -0.481 e. The van der Waals surface area contributed by atoms with E-state index in [1.54, 1.807) is 6.07 Å². The van der Waals surface area contributed by atoms with Gasteiger partial charge in [0.2, 0.25) is 11.8 Å². The van der Waals surface area contributed by atoms with Crippen LogP contribution in [0.15, 0.2) is 60.7 Å². The summed E-state index contributed by atoms with van der Waals surface area (Å²) in [4.78, 5) is 8.58. The third kappa shape index (κ3) is 3.72. The Labute approximate surface area is 234 Å². The molecule has 0 spiro atoms. The van der Waals surface area contributed by atoms with Gasteiger partial charge in [-0.15, -0.1) is 0 Å². The molecular weight excluding hydrogens is 510 g/mol. The molecule has 1 aromatic heterocycles. The van der Waals surface area contributed by atoms with Gasteiger partial charge in [0.1, 0.15) is 5.75 Å². The molecular formula is C31H37N3O6. The second-order valence-electron chi connectivity index (χ2n) is 11.8. The zero-order valence-corrected chi connectivity index (χ0v) is 23.5. The number of β-amino-alcohol motifs (C(OH)–C–C–N with tert-alkyl or cyclic N) is 1. The highest BCUT2D eigenvalue weighted by Crippen LogP contribution is 2.70. The lowest BCUT2D eigenvalue weighted by molar-refractivity contribution is -0.152. The molecule has 9 nitrogen and oxygen atoms in total. The maximum atomic E-state index is 13.0. The summed E-state index contributed by atoms with van der Waals surface area (Å²) < 4.78 is 18.0. The molecule has 1 saturated heterocycles. The molecule has 3 aliphatic rings. The van der Waals surface area contributed by atoms with Crippen LogP contribution >= 0.6 is 0 Å². The van der Waals surface area contributed by atoms with Gasteiger partial charge in [-0.25, -0.2) is 0 Å². The van der Waals surface area contributed by atoms with Crippen molar-refractivity contribution in [1.29, 1.82) is 0 Å². The van der Waals surface area contributed by atoms with Crippen LogP contribution in [0.5, 0.6) is 17.5 Å². The number of benzene rings is 2. The molecule has 3 aromatic rings. The minimum absolute atomic E-state index is 0.148. The van der Waals surface area contributed by atoms with Gasteiger partial charge in [0.25, 0.3) is 0 Å². The lowest BCUT2D eigenvalue weighted by atomic mass is 9.70. The Kier molecular flexibility index (Phi) is 6.27. The Morgan fingerprint density at radius 2 is 1.70 bits per heavy atom. The standard InChI is InChI=1S/C31H37N3O6/c1-29(36)17-34(18-29)21-13-11-20(12-14-21)31-25(19-9-7-6-8-10-19)22(16-33(2)3)27(35)30(31,37)26-23(40-31)15-24(38-4)32-28(26)39-5/h6-15,22,25,27,35-37H,16-18H2,1-5H3/t22-,25-,27-,30+,31+/m1/s1. The normalized spacial score (nSPS) is 29.9. The van der Waals surface area contributed by atoms with E-state index in [0.717, 1.165) is 16.8 Å². The van der Waals surface area contributed by atoms with E-state index in [0.29, 0.717) is 30.9 Å². The molecule has 0 unspecified atom stereocenters. The smallest absolute Gasteiger partial charge is 0.226 e. The van der Waals surface area contributed by atoms with Crippen molar-refractivity contribution in [2.24, 2.45) is 5.92 Å². The number of hydrogen-bond donors (Lipinski definition) is 3. The van der Waals surface area contributed by atoms with Gasteiger partial charge in [-0.05, 0) is 44.3 Å². The SMILES string of the molecule is COc1cc2c(c(OC)n1)[C@]1(O)[C@H](O)[C@H](CN(C)C)[C@@H](c3ccccc3)[C@]1(c1ccc(N3CC(C)(O)C3)cc1)O2. The zero-order chi connectivity index (χ0) is 28.4. The van der Waals surface area contributed by atoms with Crippen molar-refractivity contribution in [2.75, 3.05) is 52.8 Å². The second kappa shape index (κ2) is 9.34. The molecule has 40 heavy (non-hydrogen) atoms. The number of methoxy groups -OCH3 is 2. The Hall–Kier alpha value is -3.37. The number of aliphatic hydroxyl groups is 3. The number of aromatic nitrogens is 1. The number of ether oxygens (including phenoxy) is 3. The lowest BCUT2D eigenvalue weighted by Gasteiger charge is -2.46. The monoisotopic (exact) mass is 547 g/mol. The van der Waals surface area contributed by atoms with Gasteiger partial charge < -0.3 is 39.3 Å². The van der Waals surface area contributed by atoms with E-state index in [1.165, 1.54) is 14.2 Å². The predicted octanol–water partition coefficient (Wildman–Crippen LogP) is 2.48. The van der Waals surface area contributed by atoms with Gasteiger partial charge in [0.05, 0.1) is 31.5 Å². The van der Waals surface area contributed by atoms with Crippen LogP contribution in [0, 0.1) is 5.92 Å². The highest BCUT2D eigenvalue weighted by atomic mass is 16.5. The molecule has 2 aromatic carbocycles. The molecule has 0 amide bonds. The van der Waals surface area contributed by atoms with Crippen molar-refractivity contribution >= 4 is 5.69 Å². The summed E-state index contributed by atoms with van der Waals surface area (Å²) in [6, 6.07) is 19.4. The highest BCUT2D eigenvalue weighted by Gasteiger charge is 2.77. The predicted molar refractivity (Wildman–Crippen MR) is 150 cm³/mol. The topological polar surface area (TPSA) is 108 Å². The van der Waals surface area contributed by atoms with Crippen LogP contribution in [0.2, 0.25) is 0 Å². The Bertz CT molecular complexity index is 1390. The quantitative estimate of drug-likeness (QED) is 0.411. The third-order valence-corrected chi connectivity index (χ3v) is 8.71. The van der Waals surface area contributed by atoms with Crippen LogP contribution < -0.4 is 19.1 Å². The largest absolute Gasteiger partial charge is 0.481 e. The van der Waals surface area contributed by atoms with Gasteiger partial charge >= 0.3 is 0 Å². The first kappa shape index (κ1) is 26.8. The summed E-state index contributed by atoms with van der Waals surface area (Å²) in [6.07, 6.45) is -1.21. The molecule has 5 atom stereocenters. The molecule has 3 heterocycles. The fourth-order valence-corrected chi connectivity index (χ4v) is 7.17. The van der Waals surface area contributed by atoms with Gasteiger partial charge in [0.15, 0.2) is 11.2 Å². The van der Waals surface area contributed by atoms with Crippen LogP contribution in [-0.2, 0) is 11.2 Å². The molecule has 3 N–H and O–H groups in total. The molecule has 2 aliphatic heterocycles. The van der Waals surface area contributed by atoms with Gasteiger partial charge in [-0.2, -0.15) is 4.98 Å². The first-order valence-corrected chi connectivity index (χ1v) is 13.6. The van der Waals surface area contributed by atoms with E-state index in [2.05, 4.69) is 9.88 Å². The van der Waals surface area contributed by atoms with E-state index in [4.69, 9.17) is 14.2 Å². The Balaban J connectivity index is 1.59. The number of fused-ring (bicyclic) bond motifs is 3. The van der Waals surface area contributed by atoms with Crippen molar-refractivity contribution in [3.63, 3.8) is 0 Å². The maximum absolute atomic E-state index is 13.0. The van der Waals surface area contributed by atoms with Crippen molar-refractivity contribution in [2.45, 2.75) is 35.7 Å². The molecule has 6 rings (SSSR count). The van der Waals surface area contributed by atoms with E-state index >= 15 is 0 Å². The van der Waals surface area contributed by atoms with Crippen LogP contribution in [0.4, 0.5) is 5.69 Å². The Morgan fingerprint density at radius 1 is 1.02 bits per heavy atom. The molecule has 1 saturated carbocycles. The van der Waals surface area contributed by atoms with Crippen molar-refractivity contribution in [3.8, 4) is 17.5 Å². The van der Waals surface area contributed by atoms with Crippen LogP contribution in [-0.4, -0.2) is 84.9 Å². The van der Waals surface area contributed by atoms with E-state index in [-0.39, 0.29) is 11.8 Å². The van der Waals surface area contributed by atoms with Crippen molar-refractivity contribution in [3.05, 3.63) is 77.4 Å². The van der Waals surface area contributed by atoms with Crippen LogP contribution in [0.25, 0.3) is 0 Å². The number of pyridine rings is 1. The molecule has 0 radical (unpaired) electrons.